The molecule has 146 valence electrons. The number of ether oxygens (including phenoxy) is 2. The van der Waals surface area contributed by atoms with Gasteiger partial charge in [0.2, 0.25) is 5.88 Å². The number of carbonyl (C=O) groups excluding carboxylic acids is 1. The first kappa shape index (κ1) is 18.3. The molecular weight excluding hydrogens is 362 g/mol. The monoisotopic (exact) mass is 383 g/mol. The van der Waals surface area contributed by atoms with Gasteiger partial charge in [-0.2, -0.15) is 4.98 Å². The molecule has 1 aliphatic heterocycles. The lowest BCUT2D eigenvalue weighted by Crippen LogP contribution is -2.42. The van der Waals surface area contributed by atoms with Crippen LogP contribution in [-0.2, 0) is 9.53 Å². The zero-order valence-electron chi connectivity index (χ0n) is 15.3. The number of nitrogens with zero attached hydrogens (tertiary/aromatic N) is 4. The summed E-state index contributed by atoms with van der Waals surface area (Å²) in [6.07, 6.45) is 1.33. The van der Waals surface area contributed by atoms with Crippen LogP contribution in [0.15, 0.2) is 41.2 Å². The first-order chi connectivity index (χ1) is 13.8. The molecule has 9 heteroatoms. The van der Waals surface area contributed by atoms with Gasteiger partial charge in [0.1, 0.15) is 17.4 Å². The van der Waals surface area contributed by atoms with E-state index in [4.69, 9.17) is 14.0 Å². The van der Waals surface area contributed by atoms with Crippen molar-refractivity contribution in [2.75, 3.05) is 46.0 Å². The number of hydrogen-bond acceptors (Lipinski definition) is 8. The second kappa shape index (κ2) is 8.77. The fraction of sp³-hybridized carbons (Fsp3) is 0.368. The second-order valence-electron chi connectivity index (χ2n) is 6.35. The van der Waals surface area contributed by atoms with Crippen LogP contribution in [0.2, 0.25) is 0 Å². The third kappa shape index (κ3) is 4.26. The molecule has 0 radical (unpaired) electrons. The van der Waals surface area contributed by atoms with Gasteiger partial charge in [0.05, 0.1) is 13.2 Å². The van der Waals surface area contributed by atoms with Crippen LogP contribution in [0.1, 0.15) is 0 Å². The maximum absolute atomic E-state index is 12.1. The summed E-state index contributed by atoms with van der Waals surface area (Å²) < 4.78 is 16.2. The molecule has 1 amide bonds. The van der Waals surface area contributed by atoms with Gasteiger partial charge >= 0.3 is 0 Å². The van der Waals surface area contributed by atoms with Gasteiger partial charge in [0, 0.05) is 31.7 Å². The lowest BCUT2D eigenvalue weighted by Gasteiger charge is -2.26. The van der Waals surface area contributed by atoms with Crippen LogP contribution >= 0.6 is 0 Å². The summed E-state index contributed by atoms with van der Waals surface area (Å²) in [6, 6.07) is 9.55. The van der Waals surface area contributed by atoms with Crippen LogP contribution in [0.4, 0.5) is 0 Å². The summed E-state index contributed by atoms with van der Waals surface area (Å²) in [7, 11) is 0. The number of hydrogen-bond donors (Lipinski definition) is 1. The van der Waals surface area contributed by atoms with Crippen LogP contribution < -0.4 is 10.1 Å². The molecule has 4 rings (SSSR count). The highest BCUT2D eigenvalue weighted by atomic mass is 16.5. The summed E-state index contributed by atoms with van der Waals surface area (Å²) in [6.45, 7) is 4.46. The van der Waals surface area contributed by atoms with Crippen molar-refractivity contribution in [1.82, 2.24) is 25.3 Å². The van der Waals surface area contributed by atoms with Crippen molar-refractivity contribution < 1.29 is 18.8 Å². The third-order valence-electron chi connectivity index (χ3n) is 4.48. The number of nitrogens with one attached hydrogen (secondary N) is 1. The van der Waals surface area contributed by atoms with Crippen molar-refractivity contribution in [2.45, 2.75) is 0 Å². The van der Waals surface area contributed by atoms with Gasteiger partial charge < -0.3 is 19.3 Å². The maximum Gasteiger partial charge on any atom is 0.265 e. The van der Waals surface area contributed by atoms with Crippen molar-refractivity contribution in [1.29, 1.82) is 0 Å². The van der Waals surface area contributed by atoms with E-state index in [9.17, 15) is 4.79 Å². The van der Waals surface area contributed by atoms with E-state index >= 15 is 0 Å². The minimum absolute atomic E-state index is 0.144. The normalized spacial score (nSPS) is 14.9. The molecule has 1 saturated heterocycles. The largest absolute Gasteiger partial charge is 0.467 e. The van der Waals surface area contributed by atoms with Crippen molar-refractivity contribution >= 4 is 17.0 Å². The number of morpholine rings is 1. The Labute approximate surface area is 161 Å². The van der Waals surface area contributed by atoms with E-state index in [1.807, 2.05) is 30.3 Å². The fourth-order valence-corrected chi connectivity index (χ4v) is 3.03. The Morgan fingerprint density at radius 1 is 1.18 bits per heavy atom. The molecule has 1 fully saturated rings. The van der Waals surface area contributed by atoms with Crippen molar-refractivity contribution in [3.8, 4) is 17.1 Å². The second-order valence-corrected chi connectivity index (χ2v) is 6.35. The van der Waals surface area contributed by atoms with E-state index in [1.165, 1.54) is 6.33 Å². The molecular formula is C19H21N5O4. The zero-order valence-corrected chi connectivity index (χ0v) is 15.3. The number of carbonyl (C=O) groups is 1. The SMILES string of the molecule is O=C(COc1ncnc2onc(-c3ccccc3)c12)NCCN1CCOCC1. The predicted octanol–water partition coefficient (Wildman–Crippen LogP) is 1.11. The van der Waals surface area contributed by atoms with Gasteiger partial charge in [-0.3, -0.25) is 9.69 Å². The molecule has 0 aliphatic carbocycles. The average molecular weight is 383 g/mol. The minimum Gasteiger partial charge on any atom is -0.467 e. The predicted molar refractivity (Wildman–Crippen MR) is 101 cm³/mol. The highest BCUT2D eigenvalue weighted by Crippen LogP contribution is 2.32. The Balaban J connectivity index is 1.38. The molecule has 1 N–H and O–H groups in total. The first-order valence-corrected chi connectivity index (χ1v) is 9.16. The lowest BCUT2D eigenvalue weighted by atomic mass is 10.1. The first-order valence-electron chi connectivity index (χ1n) is 9.16. The van der Waals surface area contributed by atoms with Gasteiger partial charge in [0.15, 0.2) is 6.61 Å². The number of rotatable bonds is 7. The average Bonchev–Trinajstić information content (AvgIpc) is 3.18. The molecule has 0 atom stereocenters. The van der Waals surface area contributed by atoms with E-state index in [0.29, 0.717) is 23.3 Å². The van der Waals surface area contributed by atoms with Crippen LogP contribution in [0.3, 0.4) is 0 Å². The molecule has 3 heterocycles. The van der Waals surface area contributed by atoms with Crippen molar-refractivity contribution in [2.24, 2.45) is 0 Å². The summed E-state index contributed by atoms with van der Waals surface area (Å²) in [5.74, 6) is 0.0613. The van der Waals surface area contributed by atoms with Gasteiger partial charge in [0.25, 0.3) is 11.6 Å². The van der Waals surface area contributed by atoms with Crippen molar-refractivity contribution in [3.63, 3.8) is 0 Å². The molecule has 0 spiro atoms. The number of aromatic nitrogens is 3. The Morgan fingerprint density at radius 2 is 2.00 bits per heavy atom. The van der Waals surface area contributed by atoms with Gasteiger partial charge in [-0.25, -0.2) is 4.98 Å². The van der Waals surface area contributed by atoms with Crippen LogP contribution in [0.25, 0.3) is 22.4 Å². The molecule has 2 aromatic heterocycles. The summed E-state index contributed by atoms with van der Waals surface area (Å²) in [5.41, 5.74) is 1.76. The molecule has 3 aromatic rings. The smallest absolute Gasteiger partial charge is 0.265 e. The lowest BCUT2D eigenvalue weighted by molar-refractivity contribution is -0.123. The van der Waals surface area contributed by atoms with E-state index in [-0.39, 0.29) is 18.4 Å². The maximum atomic E-state index is 12.1. The molecule has 0 unspecified atom stereocenters. The van der Waals surface area contributed by atoms with Crippen LogP contribution in [-0.4, -0.2) is 71.9 Å². The number of amides is 1. The van der Waals surface area contributed by atoms with Gasteiger partial charge in [-0.15, -0.1) is 0 Å². The summed E-state index contributed by atoms with van der Waals surface area (Å²) in [4.78, 5) is 22.6. The molecule has 0 bridgehead atoms. The molecule has 1 aromatic carbocycles. The Kier molecular flexibility index (Phi) is 5.74. The Morgan fingerprint density at radius 3 is 2.82 bits per heavy atom. The van der Waals surface area contributed by atoms with E-state index in [0.717, 1.165) is 38.4 Å². The molecule has 28 heavy (non-hydrogen) atoms. The highest BCUT2D eigenvalue weighted by molar-refractivity contribution is 5.93. The van der Waals surface area contributed by atoms with E-state index < -0.39 is 0 Å². The third-order valence-corrected chi connectivity index (χ3v) is 4.48. The topological polar surface area (TPSA) is 103 Å². The summed E-state index contributed by atoms with van der Waals surface area (Å²) in [5, 5.41) is 7.49. The van der Waals surface area contributed by atoms with Gasteiger partial charge in [-0.1, -0.05) is 35.5 Å². The zero-order chi connectivity index (χ0) is 19.2. The number of benzene rings is 1. The van der Waals surface area contributed by atoms with Crippen LogP contribution in [0.5, 0.6) is 5.88 Å². The molecule has 1 aliphatic rings. The minimum atomic E-state index is -0.210. The van der Waals surface area contributed by atoms with E-state index in [1.54, 1.807) is 0 Å². The summed E-state index contributed by atoms with van der Waals surface area (Å²) >= 11 is 0. The van der Waals surface area contributed by atoms with Crippen LogP contribution in [0, 0.1) is 0 Å². The number of fused-ring (bicyclic) bond motifs is 1. The quantitative estimate of drug-likeness (QED) is 0.647. The van der Waals surface area contributed by atoms with Crippen molar-refractivity contribution in [3.05, 3.63) is 36.7 Å². The Hall–Kier alpha value is -3.04. The molecule has 9 nitrogen and oxygen atoms in total. The fourth-order valence-electron chi connectivity index (χ4n) is 3.03. The van der Waals surface area contributed by atoms with E-state index in [2.05, 4.69) is 25.3 Å². The Bertz CT molecular complexity index is 924. The molecule has 0 saturated carbocycles. The van der Waals surface area contributed by atoms with Gasteiger partial charge in [-0.05, 0) is 0 Å². The standard InChI is InChI=1S/C19H21N5O4/c25-15(20-6-7-24-8-10-26-11-9-24)12-27-18-16-17(14-4-2-1-3-5-14)23-28-19(16)22-13-21-18/h1-5,13H,6-12H2,(H,20,25). The highest BCUT2D eigenvalue weighted by Gasteiger charge is 2.18.